The Balaban J connectivity index is 3.28. The van der Waals surface area contributed by atoms with Gasteiger partial charge in [-0.3, -0.25) is 4.79 Å². The minimum absolute atomic E-state index is 0.0542. The molecule has 0 spiro atoms. The molecule has 0 bridgehead atoms. The minimum Gasteiger partial charge on any atom is -0.465 e. The van der Waals surface area contributed by atoms with Gasteiger partial charge in [-0.15, -0.1) is 0 Å². The summed E-state index contributed by atoms with van der Waals surface area (Å²) in [4.78, 5) is 22.6. The molecule has 0 aromatic heterocycles. The first kappa shape index (κ1) is 12.8. The van der Waals surface area contributed by atoms with Crippen molar-refractivity contribution in [2.45, 2.75) is 0 Å². The molecule has 16 heavy (non-hydrogen) atoms. The number of amides is 1. The molecule has 0 unspecified atom stereocenters. The molecule has 0 atom stereocenters. The van der Waals surface area contributed by atoms with Gasteiger partial charge in [0.2, 0.25) is 0 Å². The highest BCUT2D eigenvalue weighted by Gasteiger charge is 2.18. The van der Waals surface area contributed by atoms with Crippen molar-refractivity contribution in [3.63, 3.8) is 0 Å². The first-order valence-corrected chi connectivity index (χ1v) is 5.06. The molecule has 1 aromatic rings. The normalized spacial score (nSPS) is 9.75. The quantitative estimate of drug-likeness (QED) is 0.831. The molecule has 0 aliphatic rings. The smallest absolute Gasteiger partial charge is 0.340 e. The first-order valence-electron chi connectivity index (χ1n) is 4.30. The molecular formula is C10H9Cl2NO3. The summed E-state index contributed by atoms with van der Waals surface area (Å²) < 4.78 is 4.52. The van der Waals surface area contributed by atoms with Crippen molar-refractivity contribution < 1.29 is 14.3 Å². The van der Waals surface area contributed by atoms with E-state index in [9.17, 15) is 9.59 Å². The van der Waals surface area contributed by atoms with Crippen LogP contribution in [0.1, 0.15) is 20.7 Å². The van der Waals surface area contributed by atoms with Gasteiger partial charge in [-0.2, -0.15) is 0 Å². The van der Waals surface area contributed by atoms with Crippen LogP contribution < -0.4 is 5.32 Å². The summed E-state index contributed by atoms with van der Waals surface area (Å²) in [5, 5.41) is 2.59. The van der Waals surface area contributed by atoms with E-state index >= 15 is 0 Å². The fourth-order valence-corrected chi connectivity index (χ4v) is 1.79. The second-order valence-corrected chi connectivity index (χ2v) is 3.70. The third-order valence-corrected chi connectivity index (χ3v) is 2.52. The van der Waals surface area contributed by atoms with Crippen molar-refractivity contribution in [3.05, 3.63) is 33.3 Å². The van der Waals surface area contributed by atoms with Gasteiger partial charge in [0.25, 0.3) is 5.91 Å². The van der Waals surface area contributed by atoms with E-state index in [2.05, 4.69) is 10.1 Å². The molecule has 0 fully saturated rings. The average molecular weight is 262 g/mol. The molecule has 1 N–H and O–H groups in total. The molecule has 0 radical (unpaired) electrons. The summed E-state index contributed by atoms with van der Waals surface area (Å²) in [7, 11) is 2.71. The van der Waals surface area contributed by atoms with Gasteiger partial charge in [0.15, 0.2) is 0 Å². The fraction of sp³-hybridized carbons (Fsp3) is 0.200. The van der Waals surface area contributed by atoms with Gasteiger partial charge >= 0.3 is 5.97 Å². The zero-order valence-electron chi connectivity index (χ0n) is 8.64. The predicted octanol–water partition coefficient (Wildman–Crippen LogP) is 2.14. The van der Waals surface area contributed by atoms with Gasteiger partial charge in [-0.25, -0.2) is 4.79 Å². The van der Waals surface area contributed by atoms with Crippen molar-refractivity contribution in [1.29, 1.82) is 0 Å². The van der Waals surface area contributed by atoms with Crippen molar-refractivity contribution in [3.8, 4) is 0 Å². The highest BCUT2D eigenvalue weighted by molar-refractivity contribution is 6.39. The Morgan fingerprint density at radius 2 is 1.75 bits per heavy atom. The number of hydrogen-bond acceptors (Lipinski definition) is 3. The minimum atomic E-state index is -0.640. The van der Waals surface area contributed by atoms with Crippen LogP contribution in [0.5, 0.6) is 0 Å². The summed E-state index contributed by atoms with van der Waals surface area (Å²) in [6, 6.07) is 2.72. The third-order valence-electron chi connectivity index (χ3n) is 1.92. The Labute approximate surface area is 102 Å². The molecule has 0 heterocycles. The van der Waals surface area contributed by atoms with Gasteiger partial charge in [0, 0.05) is 12.6 Å². The van der Waals surface area contributed by atoms with Crippen molar-refractivity contribution in [1.82, 2.24) is 5.32 Å². The fourth-order valence-electron chi connectivity index (χ4n) is 1.15. The van der Waals surface area contributed by atoms with Crippen LogP contribution in [-0.2, 0) is 4.74 Å². The molecule has 0 saturated carbocycles. The van der Waals surface area contributed by atoms with E-state index < -0.39 is 5.97 Å². The summed E-state index contributed by atoms with van der Waals surface area (Å²) in [6.45, 7) is 0. The van der Waals surface area contributed by atoms with Crippen LogP contribution in [0.3, 0.4) is 0 Å². The Bertz CT molecular complexity index is 423. The van der Waals surface area contributed by atoms with E-state index in [1.807, 2.05) is 0 Å². The van der Waals surface area contributed by atoms with Gasteiger partial charge in [-0.1, -0.05) is 23.2 Å². The van der Waals surface area contributed by atoms with Gasteiger partial charge < -0.3 is 10.1 Å². The number of esters is 1. The standard InChI is InChI=1S/C10H9Cl2NO3/c1-13-9(14)5-3-6(11)8(7(12)4-5)10(15)16-2/h3-4H,1-2H3,(H,13,14). The van der Waals surface area contributed by atoms with Gasteiger partial charge in [0.1, 0.15) is 0 Å². The van der Waals surface area contributed by atoms with Crippen LogP contribution in [0, 0.1) is 0 Å². The lowest BCUT2D eigenvalue weighted by Crippen LogP contribution is -2.18. The average Bonchev–Trinajstić information content (AvgIpc) is 2.26. The zero-order chi connectivity index (χ0) is 12.3. The molecule has 0 aliphatic heterocycles. The van der Waals surface area contributed by atoms with E-state index in [1.54, 1.807) is 0 Å². The van der Waals surface area contributed by atoms with E-state index in [4.69, 9.17) is 23.2 Å². The van der Waals surface area contributed by atoms with Crippen LogP contribution in [0.15, 0.2) is 12.1 Å². The number of hydrogen-bond donors (Lipinski definition) is 1. The maximum atomic E-state index is 11.3. The molecule has 4 nitrogen and oxygen atoms in total. The molecule has 86 valence electrons. The van der Waals surface area contributed by atoms with E-state index in [0.717, 1.165) is 0 Å². The van der Waals surface area contributed by atoms with E-state index in [0.29, 0.717) is 0 Å². The lowest BCUT2D eigenvalue weighted by atomic mass is 10.1. The monoisotopic (exact) mass is 261 g/mol. The maximum absolute atomic E-state index is 11.3. The number of carbonyl (C=O) groups excluding carboxylic acids is 2. The second kappa shape index (κ2) is 5.18. The Morgan fingerprint density at radius 3 is 2.12 bits per heavy atom. The molecule has 1 rings (SSSR count). The van der Waals surface area contributed by atoms with Crippen LogP contribution >= 0.6 is 23.2 Å². The van der Waals surface area contributed by atoms with Crippen molar-refractivity contribution >= 4 is 35.1 Å². The Morgan fingerprint density at radius 1 is 1.25 bits per heavy atom. The highest BCUT2D eigenvalue weighted by Crippen LogP contribution is 2.27. The number of nitrogens with one attached hydrogen (secondary N) is 1. The molecule has 0 saturated heterocycles. The summed E-state index contributed by atoms with van der Waals surface area (Å²) in [5.74, 6) is -0.973. The maximum Gasteiger partial charge on any atom is 0.340 e. The highest BCUT2D eigenvalue weighted by atomic mass is 35.5. The van der Waals surface area contributed by atoms with Gasteiger partial charge in [0.05, 0.1) is 22.7 Å². The number of methoxy groups -OCH3 is 1. The number of rotatable bonds is 2. The topological polar surface area (TPSA) is 55.4 Å². The second-order valence-electron chi connectivity index (χ2n) is 2.89. The Kier molecular flexibility index (Phi) is 4.15. The number of benzene rings is 1. The molecular weight excluding hydrogens is 253 g/mol. The summed E-state index contributed by atoms with van der Waals surface area (Å²) in [6.07, 6.45) is 0. The van der Waals surface area contributed by atoms with Crippen molar-refractivity contribution in [2.24, 2.45) is 0 Å². The molecule has 1 amide bonds. The largest absolute Gasteiger partial charge is 0.465 e. The third kappa shape index (κ3) is 2.46. The zero-order valence-corrected chi connectivity index (χ0v) is 10.1. The van der Waals surface area contributed by atoms with Crippen molar-refractivity contribution in [2.75, 3.05) is 14.2 Å². The van der Waals surface area contributed by atoms with Crippen LogP contribution in [0.25, 0.3) is 0 Å². The van der Waals surface area contributed by atoms with E-state index in [1.165, 1.54) is 26.3 Å². The lowest BCUT2D eigenvalue weighted by molar-refractivity contribution is 0.0600. The van der Waals surface area contributed by atoms with Crippen LogP contribution in [-0.4, -0.2) is 26.0 Å². The molecule has 1 aromatic carbocycles. The van der Waals surface area contributed by atoms with E-state index in [-0.39, 0.29) is 27.1 Å². The number of halogens is 2. The molecule has 0 aliphatic carbocycles. The lowest BCUT2D eigenvalue weighted by Gasteiger charge is -2.07. The molecule has 6 heteroatoms. The number of carbonyl (C=O) groups is 2. The van der Waals surface area contributed by atoms with Crippen LogP contribution in [0.2, 0.25) is 10.0 Å². The first-order chi connectivity index (χ1) is 7.51. The van der Waals surface area contributed by atoms with Gasteiger partial charge in [-0.05, 0) is 12.1 Å². The van der Waals surface area contributed by atoms with Crippen LogP contribution in [0.4, 0.5) is 0 Å². The predicted molar refractivity (Wildman–Crippen MR) is 61.2 cm³/mol. The number of ether oxygens (including phenoxy) is 1. The SMILES string of the molecule is CNC(=O)c1cc(Cl)c(C(=O)OC)c(Cl)c1. The summed E-state index contributed by atoms with van der Waals surface area (Å²) >= 11 is 11.7. The summed E-state index contributed by atoms with van der Waals surface area (Å²) in [5.41, 5.74) is 0.337. The Hall–Kier alpha value is -1.26.